The van der Waals surface area contributed by atoms with Gasteiger partial charge in [-0.2, -0.15) is 0 Å². The number of thiophene rings is 1. The molecule has 1 saturated heterocycles. The number of imide groups is 1. The standard InChI is InChI=1S/C12H15NO2S/c14-11-6-1-7-12(15)13(11)8-2-4-10-5-3-9-16-10/h3,5,9H,1-2,4,6-8H2. The zero-order chi connectivity index (χ0) is 11.4. The van der Waals surface area contributed by atoms with Crippen LogP contribution in [-0.2, 0) is 16.0 Å². The summed E-state index contributed by atoms with van der Waals surface area (Å²) in [6.45, 7) is 0.579. The zero-order valence-corrected chi connectivity index (χ0v) is 9.96. The molecule has 1 aliphatic rings. The quantitative estimate of drug-likeness (QED) is 0.753. The molecule has 0 radical (unpaired) electrons. The molecule has 4 heteroatoms. The van der Waals surface area contributed by atoms with Crippen molar-refractivity contribution in [2.75, 3.05) is 6.54 Å². The van der Waals surface area contributed by atoms with Gasteiger partial charge >= 0.3 is 0 Å². The van der Waals surface area contributed by atoms with Crippen LogP contribution in [0.5, 0.6) is 0 Å². The van der Waals surface area contributed by atoms with E-state index >= 15 is 0 Å². The minimum atomic E-state index is 0.00225. The maximum atomic E-state index is 11.5. The Bertz CT molecular complexity index is 356. The molecule has 0 atom stereocenters. The number of nitrogens with zero attached hydrogens (tertiary/aromatic N) is 1. The van der Waals surface area contributed by atoms with E-state index in [1.54, 1.807) is 11.3 Å². The second-order valence-corrected chi connectivity index (χ2v) is 5.01. The molecular formula is C12H15NO2S. The molecule has 2 amide bonds. The van der Waals surface area contributed by atoms with E-state index < -0.39 is 0 Å². The van der Waals surface area contributed by atoms with Gasteiger partial charge in [-0.3, -0.25) is 14.5 Å². The number of piperidine rings is 1. The third-order valence-corrected chi connectivity index (χ3v) is 3.70. The van der Waals surface area contributed by atoms with Gasteiger partial charge in [-0.15, -0.1) is 11.3 Å². The minimum Gasteiger partial charge on any atom is -0.283 e. The first kappa shape index (κ1) is 11.3. The molecule has 1 fully saturated rings. The van der Waals surface area contributed by atoms with Crippen LogP contribution in [0.3, 0.4) is 0 Å². The molecule has 1 aromatic rings. The first-order valence-electron chi connectivity index (χ1n) is 5.63. The lowest BCUT2D eigenvalue weighted by molar-refractivity contribution is -0.147. The Kier molecular flexibility index (Phi) is 3.72. The average molecular weight is 237 g/mol. The van der Waals surface area contributed by atoms with E-state index in [2.05, 4.69) is 6.07 Å². The van der Waals surface area contributed by atoms with Crippen molar-refractivity contribution in [1.82, 2.24) is 4.90 Å². The summed E-state index contributed by atoms with van der Waals surface area (Å²) < 4.78 is 0. The van der Waals surface area contributed by atoms with E-state index in [9.17, 15) is 9.59 Å². The highest BCUT2D eigenvalue weighted by molar-refractivity contribution is 7.09. The summed E-state index contributed by atoms with van der Waals surface area (Å²) in [4.78, 5) is 25.8. The number of hydrogen-bond acceptors (Lipinski definition) is 3. The lowest BCUT2D eigenvalue weighted by Crippen LogP contribution is -2.40. The van der Waals surface area contributed by atoms with E-state index in [0.29, 0.717) is 19.4 Å². The molecule has 2 heterocycles. The molecule has 0 saturated carbocycles. The van der Waals surface area contributed by atoms with Gasteiger partial charge < -0.3 is 0 Å². The monoisotopic (exact) mass is 237 g/mol. The second-order valence-electron chi connectivity index (χ2n) is 3.98. The van der Waals surface area contributed by atoms with Gasteiger partial charge in [-0.05, 0) is 30.7 Å². The Morgan fingerprint density at radius 2 is 2.00 bits per heavy atom. The maximum Gasteiger partial charge on any atom is 0.229 e. The minimum absolute atomic E-state index is 0.00225. The van der Waals surface area contributed by atoms with Gasteiger partial charge in [0.1, 0.15) is 0 Å². The third-order valence-electron chi connectivity index (χ3n) is 2.77. The average Bonchev–Trinajstić information content (AvgIpc) is 2.75. The topological polar surface area (TPSA) is 37.4 Å². The summed E-state index contributed by atoms with van der Waals surface area (Å²) >= 11 is 1.72. The molecule has 0 aliphatic carbocycles. The lowest BCUT2D eigenvalue weighted by Gasteiger charge is -2.24. The van der Waals surface area contributed by atoms with Crippen molar-refractivity contribution in [3.8, 4) is 0 Å². The Hall–Kier alpha value is -1.16. The highest BCUT2D eigenvalue weighted by atomic mass is 32.1. The smallest absolute Gasteiger partial charge is 0.229 e. The van der Waals surface area contributed by atoms with E-state index in [4.69, 9.17) is 0 Å². The van der Waals surface area contributed by atoms with Gasteiger partial charge in [0.2, 0.25) is 11.8 Å². The highest BCUT2D eigenvalue weighted by Gasteiger charge is 2.24. The van der Waals surface area contributed by atoms with Crippen LogP contribution in [0, 0.1) is 0 Å². The van der Waals surface area contributed by atoms with Crippen molar-refractivity contribution in [2.24, 2.45) is 0 Å². The van der Waals surface area contributed by atoms with Crippen LogP contribution in [0.2, 0.25) is 0 Å². The Labute approximate surface area is 99.1 Å². The lowest BCUT2D eigenvalue weighted by atomic mass is 10.1. The molecule has 1 aromatic heterocycles. The third kappa shape index (κ3) is 2.70. The number of likely N-dealkylation sites (tertiary alicyclic amines) is 1. The van der Waals surface area contributed by atoms with Crippen molar-refractivity contribution in [1.29, 1.82) is 0 Å². The zero-order valence-electron chi connectivity index (χ0n) is 9.15. The fourth-order valence-electron chi connectivity index (χ4n) is 1.92. The van der Waals surface area contributed by atoms with E-state index in [-0.39, 0.29) is 11.8 Å². The molecule has 3 nitrogen and oxygen atoms in total. The molecule has 0 unspecified atom stereocenters. The van der Waals surface area contributed by atoms with Crippen LogP contribution < -0.4 is 0 Å². The molecule has 0 bridgehead atoms. The molecule has 0 N–H and O–H groups in total. The molecule has 86 valence electrons. The second kappa shape index (κ2) is 5.25. The first-order valence-corrected chi connectivity index (χ1v) is 6.51. The maximum absolute atomic E-state index is 11.5. The summed E-state index contributed by atoms with van der Waals surface area (Å²) in [5.41, 5.74) is 0. The molecule has 0 aromatic carbocycles. The van der Waals surface area contributed by atoms with Gasteiger partial charge in [0.25, 0.3) is 0 Å². The largest absolute Gasteiger partial charge is 0.283 e. The van der Waals surface area contributed by atoms with Crippen molar-refractivity contribution in [3.63, 3.8) is 0 Å². The molecule has 16 heavy (non-hydrogen) atoms. The van der Waals surface area contributed by atoms with E-state index in [1.165, 1.54) is 9.78 Å². The molecule has 2 rings (SSSR count). The van der Waals surface area contributed by atoms with Gasteiger partial charge in [0, 0.05) is 24.3 Å². The predicted octanol–water partition coefficient (Wildman–Crippen LogP) is 2.22. The van der Waals surface area contributed by atoms with Crippen molar-refractivity contribution < 1.29 is 9.59 Å². The van der Waals surface area contributed by atoms with Gasteiger partial charge in [-0.1, -0.05) is 6.07 Å². The summed E-state index contributed by atoms with van der Waals surface area (Å²) in [5, 5.41) is 2.05. The molecule has 0 spiro atoms. The molecular weight excluding hydrogens is 222 g/mol. The van der Waals surface area contributed by atoms with Crippen molar-refractivity contribution in [2.45, 2.75) is 32.1 Å². The van der Waals surface area contributed by atoms with E-state index in [0.717, 1.165) is 19.3 Å². The van der Waals surface area contributed by atoms with Crippen molar-refractivity contribution in [3.05, 3.63) is 22.4 Å². The van der Waals surface area contributed by atoms with Crippen LogP contribution in [0.25, 0.3) is 0 Å². The molecule has 1 aliphatic heterocycles. The van der Waals surface area contributed by atoms with Crippen LogP contribution in [0.4, 0.5) is 0 Å². The Balaban J connectivity index is 1.80. The number of rotatable bonds is 4. The fraction of sp³-hybridized carbons (Fsp3) is 0.500. The number of carbonyl (C=O) groups is 2. The summed E-state index contributed by atoms with van der Waals surface area (Å²) in [5.74, 6) is 0.00450. The van der Waals surface area contributed by atoms with Crippen LogP contribution in [0.1, 0.15) is 30.6 Å². The van der Waals surface area contributed by atoms with Gasteiger partial charge in [0.05, 0.1) is 0 Å². The Morgan fingerprint density at radius 3 is 2.62 bits per heavy atom. The fourth-order valence-corrected chi connectivity index (χ4v) is 2.67. The predicted molar refractivity (Wildman–Crippen MR) is 63.2 cm³/mol. The summed E-state index contributed by atoms with van der Waals surface area (Å²) in [6, 6.07) is 4.11. The van der Waals surface area contributed by atoms with E-state index in [1.807, 2.05) is 11.4 Å². The van der Waals surface area contributed by atoms with Crippen LogP contribution >= 0.6 is 11.3 Å². The first-order chi connectivity index (χ1) is 7.77. The highest BCUT2D eigenvalue weighted by Crippen LogP contribution is 2.15. The normalized spacial score (nSPS) is 16.9. The number of amides is 2. The number of hydrogen-bond donors (Lipinski definition) is 0. The summed E-state index contributed by atoms with van der Waals surface area (Å²) in [6.07, 6.45) is 3.61. The summed E-state index contributed by atoms with van der Waals surface area (Å²) in [7, 11) is 0. The van der Waals surface area contributed by atoms with Gasteiger partial charge in [0.15, 0.2) is 0 Å². The van der Waals surface area contributed by atoms with Crippen LogP contribution in [-0.4, -0.2) is 23.3 Å². The number of aryl methyl sites for hydroxylation is 1. The van der Waals surface area contributed by atoms with Crippen LogP contribution in [0.15, 0.2) is 17.5 Å². The Morgan fingerprint density at radius 1 is 1.25 bits per heavy atom. The number of carbonyl (C=O) groups excluding carboxylic acids is 2. The van der Waals surface area contributed by atoms with Crippen molar-refractivity contribution >= 4 is 23.2 Å². The van der Waals surface area contributed by atoms with Gasteiger partial charge in [-0.25, -0.2) is 0 Å². The SMILES string of the molecule is O=C1CCCC(=O)N1CCCc1cccs1.